The molecule has 1 unspecified atom stereocenters. The fourth-order valence-electron chi connectivity index (χ4n) is 3.81. The summed E-state index contributed by atoms with van der Waals surface area (Å²) in [4.78, 5) is 7.12. The van der Waals surface area contributed by atoms with Gasteiger partial charge in [0.1, 0.15) is 6.26 Å². The van der Waals surface area contributed by atoms with Crippen molar-refractivity contribution in [3.63, 3.8) is 0 Å². The molecular formula is C21H21N5O. The average Bonchev–Trinajstić information content (AvgIpc) is 3.42. The average molecular weight is 359 g/mol. The zero-order chi connectivity index (χ0) is 18.2. The van der Waals surface area contributed by atoms with Crippen LogP contribution in [0.1, 0.15) is 36.0 Å². The van der Waals surface area contributed by atoms with Crippen molar-refractivity contribution >= 4 is 5.65 Å². The van der Waals surface area contributed by atoms with Gasteiger partial charge in [0.25, 0.3) is 0 Å². The van der Waals surface area contributed by atoms with Gasteiger partial charge in [0.15, 0.2) is 11.5 Å². The number of nitrogens with zero attached hydrogens (tertiary/aromatic N) is 5. The maximum absolute atomic E-state index is 5.73. The van der Waals surface area contributed by atoms with Crippen molar-refractivity contribution in [1.29, 1.82) is 0 Å². The number of fused-ring (bicyclic) bond motifs is 1. The second-order valence-electron chi connectivity index (χ2n) is 7.13. The van der Waals surface area contributed by atoms with Crippen molar-refractivity contribution < 1.29 is 4.42 Å². The summed E-state index contributed by atoms with van der Waals surface area (Å²) in [5.41, 5.74) is 4.08. The van der Waals surface area contributed by atoms with E-state index < -0.39 is 0 Å². The van der Waals surface area contributed by atoms with Gasteiger partial charge < -0.3 is 4.42 Å². The lowest BCUT2D eigenvalue weighted by Gasteiger charge is -2.21. The molecule has 0 spiro atoms. The number of hydrogen-bond acceptors (Lipinski definition) is 5. The van der Waals surface area contributed by atoms with Gasteiger partial charge in [-0.1, -0.05) is 23.8 Å². The Morgan fingerprint density at radius 3 is 2.89 bits per heavy atom. The predicted octanol–water partition coefficient (Wildman–Crippen LogP) is 4.03. The highest BCUT2D eigenvalue weighted by Crippen LogP contribution is 2.32. The van der Waals surface area contributed by atoms with Gasteiger partial charge in [-0.15, -0.1) is 10.2 Å². The van der Waals surface area contributed by atoms with E-state index in [0.717, 1.165) is 48.7 Å². The summed E-state index contributed by atoms with van der Waals surface area (Å²) in [7, 11) is 0. The smallest absolute Gasteiger partial charge is 0.226 e. The number of benzene rings is 1. The molecule has 6 heteroatoms. The molecule has 6 nitrogen and oxygen atoms in total. The van der Waals surface area contributed by atoms with Crippen molar-refractivity contribution in [2.75, 3.05) is 6.54 Å². The number of likely N-dealkylation sites (tertiary alicyclic amines) is 1. The highest BCUT2D eigenvalue weighted by Gasteiger charge is 2.30. The van der Waals surface area contributed by atoms with Gasteiger partial charge in [-0.2, -0.15) is 0 Å². The molecule has 1 saturated heterocycles. The minimum Gasteiger partial charge on any atom is -0.444 e. The summed E-state index contributed by atoms with van der Waals surface area (Å²) in [5.74, 6) is 1.68. The largest absolute Gasteiger partial charge is 0.444 e. The standard InChI is InChI=1S/C21H21N5O/c1-15-7-9-16(10-8-15)21-22-17(14-27-21)13-25-11-4-5-18(25)20-24-23-19-6-2-3-12-26(19)20/h2-3,6-10,12,14,18H,4-5,11,13H2,1H3. The molecule has 0 radical (unpaired) electrons. The predicted molar refractivity (Wildman–Crippen MR) is 102 cm³/mol. The van der Waals surface area contributed by atoms with Crippen molar-refractivity contribution in [3.8, 4) is 11.5 Å². The topological polar surface area (TPSA) is 59.5 Å². The van der Waals surface area contributed by atoms with E-state index in [4.69, 9.17) is 9.40 Å². The highest BCUT2D eigenvalue weighted by molar-refractivity contribution is 5.53. The third kappa shape index (κ3) is 3.02. The summed E-state index contributed by atoms with van der Waals surface area (Å²) in [6, 6.07) is 14.5. The van der Waals surface area contributed by atoms with Crippen LogP contribution < -0.4 is 0 Å². The molecule has 0 aliphatic carbocycles. The second kappa shape index (κ2) is 6.63. The van der Waals surface area contributed by atoms with Crippen molar-refractivity contribution in [2.24, 2.45) is 0 Å². The van der Waals surface area contributed by atoms with Gasteiger partial charge >= 0.3 is 0 Å². The molecule has 0 saturated carbocycles. The van der Waals surface area contributed by atoms with E-state index in [-0.39, 0.29) is 6.04 Å². The Morgan fingerprint density at radius 1 is 1.11 bits per heavy atom. The van der Waals surface area contributed by atoms with Gasteiger partial charge in [-0.3, -0.25) is 9.30 Å². The third-order valence-electron chi connectivity index (χ3n) is 5.22. The van der Waals surface area contributed by atoms with Gasteiger partial charge in [0.05, 0.1) is 11.7 Å². The van der Waals surface area contributed by atoms with Crippen molar-refractivity contribution in [3.05, 3.63) is 72.0 Å². The summed E-state index contributed by atoms with van der Waals surface area (Å²) >= 11 is 0. The lowest BCUT2D eigenvalue weighted by atomic mass is 10.1. The van der Waals surface area contributed by atoms with Crippen LogP contribution in [0, 0.1) is 6.92 Å². The molecule has 1 aliphatic heterocycles. The van der Waals surface area contributed by atoms with E-state index in [0.29, 0.717) is 5.89 Å². The Hall–Kier alpha value is -2.99. The summed E-state index contributed by atoms with van der Waals surface area (Å²) in [6.45, 7) is 3.85. The molecule has 1 atom stereocenters. The molecule has 136 valence electrons. The first-order chi connectivity index (χ1) is 13.3. The molecule has 4 aromatic rings. The fourth-order valence-corrected chi connectivity index (χ4v) is 3.81. The van der Waals surface area contributed by atoms with Crippen LogP contribution in [0.5, 0.6) is 0 Å². The van der Waals surface area contributed by atoms with E-state index in [2.05, 4.69) is 38.6 Å². The molecule has 27 heavy (non-hydrogen) atoms. The Bertz CT molecular complexity index is 1070. The Morgan fingerprint density at radius 2 is 2.00 bits per heavy atom. The molecule has 1 aromatic carbocycles. The van der Waals surface area contributed by atoms with E-state index in [1.807, 2.05) is 36.5 Å². The molecule has 5 rings (SSSR count). The summed E-state index contributed by atoms with van der Waals surface area (Å²) in [6.07, 6.45) is 6.03. The molecule has 3 aromatic heterocycles. The zero-order valence-corrected chi connectivity index (χ0v) is 15.2. The minimum atomic E-state index is 0.252. The molecule has 1 aliphatic rings. The van der Waals surface area contributed by atoms with Crippen molar-refractivity contribution in [1.82, 2.24) is 24.5 Å². The normalized spacial score (nSPS) is 17.7. The van der Waals surface area contributed by atoms with E-state index in [1.165, 1.54) is 5.56 Å². The second-order valence-corrected chi connectivity index (χ2v) is 7.13. The van der Waals surface area contributed by atoms with Gasteiger partial charge in [-0.25, -0.2) is 4.98 Å². The summed E-state index contributed by atoms with van der Waals surface area (Å²) in [5, 5.41) is 8.77. The highest BCUT2D eigenvalue weighted by atomic mass is 16.3. The van der Waals surface area contributed by atoms with Crippen LogP contribution in [0.25, 0.3) is 17.1 Å². The van der Waals surface area contributed by atoms with Crippen LogP contribution in [0.4, 0.5) is 0 Å². The molecule has 0 amide bonds. The van der Waals surface area contributed by atoms with E-state index in [1.54, 1.807) is 6.26 Å². The van der Waals surface area contributed by atoms with Crippen LogP contribution in [-0.4, -0.2) is 31.0 Å². The fraction of sp³-hybridized carbons (Fsp3) is 0.286. The third-order valence-corrected chi connectivity index (χ3v) is 5.22. The first-order valence-electron chi connectivity index (χ1n) is 9.33. The van der Waals surface area contributed by atoms with Gasteiger partial charge in [0.2, 0.25) is 5.89 Å². The number of pyridine rings is 1. The Labute approximate surface area is 157 Å². The first-order valence-corrected chi connectivity index (χ1v) is 9.33. The lowest BCUT2D eigenvalue weighted by molar-refractivity contribution is 0.236. The maximum Gasteiger partial charge on any atom is 0.226 e. The Kier molecular flexibility index (Phi) is 3.98. The Balaban J connectivity index is 1.38. The van der Waals surface area contributed by atoms with E-state index >= 15 is 0 Å². The van der Waals surface area contributed by atoms with Crippen LogP contribution in [-0.2, 0) is 6.54 Å². The molecule has 4 heterocycles. The number of oxazole rings is 1. The van der Waals surface area contributed by atoms with E-state index in [9.17, 15) is 0 Å². The molecule has 1 fully saturated rings. The van der Waals surface area contributed by atoms with Gasteiger partial charge in [0, 0.05) is 18.3 Å². The molecular weight excluding hydrogens is 338 g/mol. The SMILES string of the molecule is Cc1ccc(-c2nc(CN3CCCC3c3nnc4ccccn34)co2)cc1. The molecule has 0 bridgehead atoms. The van der Waals surface area contributed by atoms with Crippen LogP contribution >= 0.6 is 0 Å². The van der Waals surface area contributed by atoms with Gasteiger partial charge in [-0.05, 0) is 50.6 Å². The minimum absolute atomic E-state index is 0.252. The number of aromatic nitrogens is 4. The zero-order valence-electron chi connectivity index (χ0n) is 15.2. The monoisotopic (exact) mass is 359 g/mol. The maximum atomic E-state index is 5.73. The number of rotatable bonds is 4. The van der Waals surface area contributed by atoms with Crippen LogP contribution in [0.2, 0.25) is 0 Å². The first kappa shape index (κ1) is 16.2. The quantitative estimate of drug-likeness (QED) is 0.551. The number of hydrogen-bond donors (Lipinski definition) is 0. The van der Waals surface area contributed by atoms with Crippen molar-refractivity contribution in [2.45, 2.75) is 32.4 Å². The molecule has 0 N–H and O–H groups in total. The summed E-state index contributed by atoms with van der Waals surface area (Å²) < 4.78 is 7.81. The number of aryl methyl sites for hydroxylation is 1. The van der Waals surface area contributed by atoms with Crippen LogP contribution in [0.3, 0.4) is 0 Å². The van der Waals surface area contributed by atoms with Crippen LogP contribution in [0.15, 0.2) is 59.3 Å². The lowest BCUT2D eigenvalue weighted by Crippen LogP contribution is -2.24.